The number of benzene rings is 2. The first-order valence-corrected chi connectivity index (χ1v) is 9.66. The third-order valence-corrected chi connectivity index (χ3v) is 5.08. The molecule has 30 heavy (non-hydrogen) atoms. The fraction of sp³-hybridized carbons (Fsp3) is 0.217. The Morgan fingerprint density at radius 2 is 1.93 bits per heavy atom. The molecular formula is C23H22FN3O3. The second kappa shape index (κ2) is 8.02. The highest BCUT2D eigenvalue weighted by molar-refractivity contribution is 5.83. The lowest BCUT2D eigenvalue weighted by atomic mass is 10.0. The van der Waals surface area contributed by atoms with Crippen molar-refractivity contribution in [3.63, 3.8) is 0 Å². The molecule has 0 aliphatic rings. The van der Waals surface area contributed by atoms with Crippen LogP contribution in [0, 0.1) is 12.7 Å². The van der Waals surface area contributed by atoms with Crippen LogP contribution in [0.1, 0.15) is 18.1 Å². The molecule has 0 radical (unpaired) electrons. The third kappa shape index (κ3) is 3.43. The lowest BCUT2D eigenvalue weighted by Gasteiger charge is -2.12. The molecule has 154 valence electrons. The minimum absolute atomic E-state index is 0.278. The Labute approximate surface area is 172 Å². The molecule has 0 aliphatic carbocycles. The molecule has 0 saturated carbocycles. The van der Waals surface area contributed by atoms with Crippen LogP contribution in [0.3, 0.4) is 0 Å². The molecule has 4 aromatic rings. The van der Waals surface area contributed by atoms with Crippen LogP contribution in [0.2, 0.25) is 0 Å². The van der Waals surface area contributed by atoms with Gasteiger partial charge in [0.2, 0.25) is 0 Å². The molecule has 0 atom stereocenters. The van der Waals surface area contributed by atoms with Crippen molar-refractivity contribution >= 4 is 11.2 Å². The maximum Gasteiger partial charge on any atom is 0.327 e. The van der Waals surface area contributed by atoms with Crippen molar-refractivity contribution in [2.75, 3.05) is 13.7 Å². The van der Waals surface area contributed by atoms with Crippen LogP contribution < -0.4 is 15.2 Å². The SMILES string of the molecule is CCOc1cc(Cn2c(=O)[nH]c3c(C)c(-c4ccccc4F)cnc32)ccc1OC. The summed E-state index contributed by atoms with van der Waals surface area (Å²) >= 11 is 0. The summed E-state index contributed by atoms with van der Waals surface area (Å²) < 4.78 is 26.8. The van der Waals surface area contributed by atoms with Gasteiger partial charge in [-0.25, -0.2) is 14.2 Å². The van der Waals surface area contributed by atoms with Gasteiger partial charge in [0, 0.05) is 17.3 Å². The van der Waals surface area contributed by atoms with Crippen molar-refractivity contribution in [1.29, 1.82) is 0 Å². The Bertz CT molecular complexity index is 1280. The molecule has 1 N–H and O–H groups in total. The molecule has 0 unspecified atom stereocenters. The highest BCUT2D eigenvalue weighted by atomic mass is 19.1. The first kappa shape index (κ1) is 19.7. The summed E-state index contributed by atoms with van der Waals surface area (Å²) in [6, 6.07) is 12.1. The Balaban J connectivity index is 1.77. The second-order valence-corrected chi connectivity index (χ2v) is 6.91. The maximum absolute atomic E-state index is 14.3. The van der Waals surface area contributed by atoms with Crippen molar-refractivity contribution in [2.45, 2.75) is 20.4 Å². The van der Waals surface area contributed by atoms with Crippen LogP contribution in [-0.2, 0) is 6.54 Å². The van der Waals surface area contributed by atoms with Gasteiger partial charge < -0.3 is 14.5 Å². The first-order chi connectivity index (χ1) is 14.5. The van der Waals surface area contributed by atoms with Crippen molar-refractivity contribution in [3.05, 3.63) is 76.1 Å². The summed E-state index contributed by atoms with van der Waals surface area (Å²) in [4.78, 5) is 20.0. The number of halogens is 1. The van der Waals surface area contributed by atoms with Gasteiger partial charge in [-0.2, -0.15) is 0 Å². The van der Waals surface area contributed by atoms with E-state index in [1.165, 1.54) is 6.07 Å². The van der Waals surface area contributed by atoms with E-state index in [0.29, 0.717) is 46.9 Å². The van der Waals surface area contributed by atoms with E-state index in [9.17, 15) is 9.18 Å². The molecule has 2 aromatic carbocycles. The van der Waals surface area contributed by atoms with E-state index in [-0.39, 0.29) is 11.5 Å². The highest BCUT2D eigenvalue weighted by Gasteiger charge is 2.16. The zero-order chi connectivity index (χ0) is 21.3. The van der Waals surface area contributed by atoms with E-state index in [0.717, 1.165) is 11.1 Å². The molecule has 2 aromatic heterocycles. The lowest BCUT2D eigenvalue weighted by Crippen LogP contribution is -2.17. The van der Waals surface area contributed by atoms with Gasteiger partial charge in [0.25, 0.3) is 0 Å². The number of ether oxygens (including phenoxy) is 2. The monoisotopic (exact) mass is 407 g/mol. The molecule has 4 rings (SSSR count). The summed E-state index contributed by atoms with van der Waals surface area (Å²) in [5.41, 5.74) is 3.59. The van der Waals surface area contributed by atoms with Gasteiger partial charge in [-0.15, -0.1) is 0 Å². The largest absolute Gasteiger partial charge is 0.493 e. The molecule has 7 heteroatoms. The number of aromatic amines is 1. The maximum atomic E-state index is 14.3. The number of H-pyrrole nitrogens is 1. The van der Waals surface area contributed by atoms with Gasteiger partial charge in [0.1, 0.15) is 5.82 Å². The van der Waals surface area contributed by atoms with Gasteiger partial charge in [-0.1, -0.05) is 24.3 Å². The van der Waals surface area contributed by atoms with Crippen LogP contribution in [-0.4, -0.2) is 28.3 Å². The van der Waals surface area contributed by atoms with E-state index in [4.69, 9.17) is 9.47 Å². The van der Waals surface area contributed by atoms with Crippen LogP contribution in [0.15, 0.2) is 53.5 Å². The molecule has 0 amide bonds. The van der Waals surface area contributed by atoms with E-state index >= 15 is 0 Å². The van der Waals surface area contributed by atoms with Crippen LogP contribution in [0.4, 0.5) is 4.39 Å². The van der Waals surface area contributed by atoms with Gasteiger partial charge in [0.05, 0.1) is 25.8 Å². The topological polar surface area (TPSA) is 69.1 Å². The summed E-state index contributed by atoms with van der Waals surface area (Å²) in [6.45, 7) is 4.57. The molecule has 0 aliphatic heterocycles. The Hall–Kier alpha value is -3.61. The number of pyridine rings is 1. The second-order valence-electron chi connectivity index (χ2n) is 6.91. The van der Waals surface area contributed by atoms with Gasteiger partial charge >= 0.3 is 5.69 Å². The molecular weight excluding hydrogens is 385 g/mol. The van der Waals surface area contributed by atoms with Gasteiger partial charge in [0.15, 0.2) is 17.1 Å². The predicted molar refractivity (Wildman–Crippen MR) is 114 cm³/mol. The standard InChI is InChI=1S/C23H22FN3O3/c1-4-30-20-11-15(9-10-19(20)29-3)13-27-22-21(26-23(27)28)14(2)17(12-25-22)16-7-5-6-8-18(16)24/h5-12H,4,13H2,1-3H3,(H,26,28). The summed E-state index contributed by atoms with van der Waals surface area (Å²) in [5.74, 6) is 0.928. The summed E-state index contributed by atoms with van der Waals surface area (Å²) in [7, 11) is 1.58. The van der Waals surface area contributed by atoms with Crippen molar-refractivity contribution < 1.29 is 13.9 Å². The number of hydrogen-bond acceptors (Lipinski definition) is 4. The normalized spacial score (nSPS) is 11.1. The summed E-state index contributed by atoms with van der Waals surface area (Å²) in [5, 5.41) is 0. The van der Waals surface area contributed by atoms with Crippen LogP contribution in [0.5, 0.6) is 11.5 Å². The third-order valence-electron chi connectivity index (χ3n) is 5.08. The quantitative estimate of drug-likeness (QED) is 0.518. The number of rotatable bonds is 6. The number of aromatic nitrogens is 3. The fourth-order valence-corrected chi connectivity index (χ4v) is 3.58. The van der Waals surface area contributed by atoms with Crippen molar-refractivity contribution in [3.8, 4) is 22.6 Å². The number of imidazole rings is 1. The number of nitrogens with zero attached hydrogens (tertiary/aromatic N) is 2. The average Bonchev–Trinajstić information content (AvgIpc) is 3.06. The molecule has 0 fully saturated rings. The summed E-state index contributed by atoms with van der Waals surface area (Å²) in [6.07, 6.45) is 1.61. The number of aryl methyl sites for hydroxylation is 1. The minimum Gasteiger partial charge on any atom is -0.493 e. The van der Waals surface area contributed by atoms with E-state index < -0.39 is 0 Å². The van der Waals surface area contributed by atoms with Crippen molar-refractivity contribution in [2.24, 2.45) is 0 Å². The fourth-order valence-electron chi connectivity index (χ4n) is 3.58. The van der Waals surface area contributed by atoms with E-state index in [1.807, 2.05) is 32.0 Å². The molecule has 0 bridgehead atoms. The van der Waals surface area contributed by atoms with E-state index in [2.05, 4.69) is 9.97 Å². The van der Waals surface area contributed by atoms with Crippen LogP contribution in [0.25, 0.3) is 22.3 Å². The Morgan fingerprint density at radius 3 is 2.67 bits per heavy atom. The Morgan fingerprint density at radius 1 is 1.13 bits per heavy atom. The number of methoxy groups -OCH3 is 1. The average molecular weight is 407 g/mol. The molecule has 0 spiro atoms. The zero-order valence-corrected chi connectivity index (χ0v) is 17.0. The van der Waals surface area contributed by atoms with E-state index in [1.54, 1.807) is 36.1 Å². The highest BCUT2D eigenvalue weighted by Crippen LogP contribution is 2.30. The lowest BCUT2D eigenvalue weighted by molar-refractivity contribution is 0.310. The Kier molecular flexibility index (Phi) is 5.27. The number of nitrogens with one attached hydrogen (secondary N) is 1. The number of hydrogen-bond donors (Lipinski definition) is 1. The molecule has 2 heterocycles. The van der Waals surface area contributed by atoms with Crippen molar-refractivity contribution in [1.82, 2.24) is 14.5 Å². The van der Waals surface area contributed by atoms with Gasteiger partial charge in [-0.05, 0) is 43.2 Å². The first-order valence-electron chi connectivity index (χ1n) is 9.66. The zero-order valence-electron chi connectivity index (χ0n) is 17.0. The minimum atomic E-state index is -0.329. The molecule has 6 nitrogen and oxygen atoms in total. The predicted octanol–water partition coefficient (Wildman–Crippen LogP) is 4.29. The van der Waals surface area contributed by atoms with Crippen LogP contribution >= 0.6 is 0 Å². The number of fused-ring (bicyclic) bond motifs is 1. The molecule has 0 saturated heterocycles. The van der Waals surface area contributed by atoms with Gasteiger partial charge in [-0.3, -0.25) is 4.57 Å². The smallest absolute Gasteiger partial charge is 0.327 e.